The molecule has 0 unspecified atom stereocenters. The minimum Gasteiger partial charge on any atom is -0.456 e. The van der Waals surface area contributed by atoms with Crippen LogP contribution >= 0.6 is 0 Å². The lowest BCUT2D eigenvalue weighted by Gasteiger charge is -2.30. The molecule has 0 aliphatic heterocycles. The van der Waals surface area contributed by atoms with Crippen molar-refractivity contribution in [1.82, 2.24) is 0 Å². The molecule has 0 amide bonds. The van der Waals surface area contributed by atoms with E-state index in [2.05, 4.69) is 229 Å². The maximum atomic E-state index is 6.29. The van der Waals surface area contributed by atoms with Crippen molar-refractivity contribution in [3.8, 4) is 44.5 Å². The van der Waals surface area contributed by atoms with Crippen LogP contribution in [-0.2, 0) is 0 Å². The first-order chi connectivity index (χ1) is 30.7. The summed E-state index contributed by atoms with van der Waals surface area (Å²) in [6.07, 6.45) is 0. The summed E-state index contributed by atoms with van der Waals surface area (Å²) in [4.78, 5) is 2.44. The van der Waals surface area contributed by atoms with Crippen LogP contribution in [0.5, 0.6) is 0 Å². The third-order valence-corrected chi connectivity index (χ3v) is 12.5. The van der Waals surface area contributed by atoms with Crippen molar-refractivity contribution >= 4 is 71.3 Å². The topological polar surface area (TPSA) is 16.4 Å². The highest BCUT2D eigenvalue weighted by Gasteiger charge is 2.21. The molecule has 1 heterocycles. The van der Waals surface area contributed by atoms with Gasteiger partial charge in [-0.1, -0.05) is 194 Å². The molecule has 62 heavy (non-hydrogen) atoms. The van der Waals surface area contributed by atoms with Gasteiger partial charge in [-0.3, -0.25) is 0 Å². The van der Waals surface area contributed by atoms with Crippen molar-refractivity contribution in [2.75, 3.05) is 4.90 Å². The van der Waals surface area contributed by atoms with E-state index in [-0.39, 0.29) is 0 Å². The largest absolute Gasteiger partial charge is 0.456 e. The van der Waals surface area contributed by atoms with Crippen molar-refractivity contribution in [1.29, 1.82) is 0 Å². The minimum absolute atomic E-state index is 0.895. The second-order valence-electron chi connectivity index (χ2n) is 16.0. The fourth-order valence-electron chi connectivity index (χ4n) is 9.53. The van der Waals surface area contributed by atoms with E-state index in [0.717, 1.165) is 66.8 Å². The second-order valence-corrected chi connectivity index (χ2v) is 16.0. The van der Waals surface area contributed by atoms with E-state index in [9.17, 15) is 0 Å². The standard InChI is InChI=1S/C60H39NO/c1-3-16-48-40(13-1)15-11-21-50(48)42-27-29-43(30-28-42)52-18-5-8-23-56(52)61(47-36-33-44(34-37-47)54-22-12-26-59-60(54)55-20-7-10-25-58(55)62-59)57-24-9-6-19-53(57)46-35-38-51-45(39-46)32-31-41-14-2-4-17-49(41)51/h1-39H. The Hall–Kier alpha value is -8.20. The van der Waals surface area contributed by atoms with Gasteiger partial charge in [0, 0.05) is 27.6 Å². The fraction of sp³-hybridized carbons (Fsp3) is 0. The number of nitrogens with zero attached hydrogens (tertiary/aromatic N) is 1. The quantitative estimate of drug-likeness (QED) is 0.150. The molecular formula is C60H39NO. The van der Waals surface area contributed by atoms with Gasteiger partial charge in [0.05, 0.1) is 11.4 Å². The fourth-order valence-corrected chi connectivity index (χ4v) is 9.53. The molecule has 0 saturated heterocycles. The molecule has 11 aromatic carbocycles. The highest BCUT2D eigenvalue weighted by Crippen LogP contribution is 2.46. The van der Waals surface area contributed by atoms with Crippen molar-refractivity contribution in [2.24, 2.45) is 0 Å². The molecule has 0 aliphatic carbocycles. The maximum Gasteiger partial charge on any atom is 0.136 e. The van der Waals surface area contributed by atoms with E-state index in [1.54, 1.807) is 0 Å². The molecule has 0 atom stereocenters. The minimum atomic E-state index is 0.895. The number of furan rings is 1. The van der Waals surface area contributed by atoms with Gasteiger partial charge in [0.15, 0.2) is 0 Å². The van der Waals surface area contributed by atoms with Crippen LogP contribution in [0.4, 0.5) is 17.1 Å². The van der Waals surface area contributed by atoms with Gasteiger partial charge in [0.2, 0.25) is 0 Å². The second kappa shape index (κ2) is 14.8. The van der Waals surface area contributed by atoms with E-state index < -0.39 is 0 Å². The Labute approximate surface area is 360 Å². The van der Waals surface area contributed by atoms with Crippen molar-refractivity contribution in [3.63, 3.8) is 0 Å². The molecule has 0 N–H and O–H groups in total. The zero-order valence-electron chi connectivity index (χ0n) is 33.9. The third-order valence-electron chi connectivity index (χ3n) is 12.5. The molecule has 2 nitrogen and oxygen atoms in total. The molecule has 290 valence electrons. The van der Waals surface area contributed by atoms with Crippen LogP contribution in [-0.4, -0.2) is 0 Å². The monoisotopic (exact) mass is 789 g/mol. The van der Waals surface area contributed by atoms with Crippen LogP contribution in [0.2, 0.25) is 0 Å². The first-order valence-electron chi connectivity index (χ1n) is 21.2. The lowest BCUT2D eigenvalue weighted by molar-refractivity contribution is 0.669. The Balaban J connectivity index is 1.02. The number of hydrogen-bond donors (Lipinski definition) is 0. The van der Waals surface area contributed by atoms with E-state index >= 15 is 0 Å². The van der Waals surface area contributed by atoms with Crippen LogP contribution in [0.15, 0.2) is 241 Å². The Morgan fingerprint density at radius 3 is 1.52 bits per heavy atom. The number of fused-ring (bicyclic) bond motifs is 7. The zero-order chi connectivity index (χ0) is 41.0. The zero-order valence-corrected chi connectivity index (χ0v) is 33.9. The van der Waals surface area contributed by atoms with Crippen molar-refractivity contribution in [3.05, 3.63) is 237 Å². The lowest BCUT2D eigenvalue weighted by Crippen LogP contribution is -2.12. The average molecular weight is 790 g/mol. The van der Waals surface area contributed by atoms with Crippen LogP contribution in [0.25, 0.3) is 98.8 Å². The maximum absolute atomic E-state index is 6.29. The molecule has 0 aliphatic rings. The SMILES string of the molecule is c1ccc(N(c2ccc(-c3cccc4oc5ccccc5c34)cc2)c2ccccc2-c2ccc3c(ccc4ccccc43)c2)c(-c2ccc(-c3cccc4ccccc34)cc2)c1. The Morgan fingerprint density at radius 1 is 0.274 bits per heavy atom. The predicted molar refractivity (Wildman–Crippen MR) is 263 cm³/mol. The van der Waals surface area contributed by atoms with Gasteiger partial charge in [-0.15, -0.1) is 0 Å². The number of rotatable bonds is 7. The molecular weight excluding hydrogens is 751 g/mol. The summed E-state index contributed by atoms with van der Waals surface area (Å²) in [5.74, 6) is 0. The van der Waals surface area contributed by atoms with Gasteiger partial charge in [-0.25, -0.2) is 0 Å². The summed E-state index contributed by atoms with van der Waals surface area (Å²) in [5, 5.41) is 9.77. The van der Waals surface area contributed by atoms with Gasteiger partial charge in [0.1, 0.15) is 11.2 Å². The number of benzene rings is 11. The van der Waals surface area contributed by atoms with Crippen molar-refractivity contribution in [2.45, 2.75) is 0 Å². The Morgan fingerprint density at radius 2 is 0.742 bits per heavy atom. The summed E-state index contributed by atoms with van der Waals surface area (Å²) in [7, 11) is 0. The third kappa shape index (κ3) is 6.04. The molecule has 0 fully saturated rings. The number of hydrogen-bond acceptors (Lipinski definition) is 2. The highest BCUT2D eigenvalue weighted by atomic mass is 16.3. The first-order valence-corrected chi connectivity index (χ1v) is 21.2. The molecule has 0 radical (unpaired) electrons. The molecule has 0 spiro atoms. The van der Waals surface area contributed by atoms with Gasteiger partial charge in [-0.2, -0.15) is 0 Å². The smallest absolute Gasteiger partial charge is 0.136 e. The molecule has 12 aromatic rings. The summed E-state index contributed by atoms with van der Waals surface area (Å²) >= 11 is 0. The first kappa shape index (κ1) is 35.7. The molecule has 0 bridgehead atoms. The van der Waals surface area contributed by atoms with Gasteiger partial charge >= 0.3 is 0 Å². The number of para-hydroxylation sites is 3. The van der Waals surface area contributed by atoms with Crippen LogP contribution < -0.4 is 4.90 Å². The molecule has 1 aromatic heterocycles. The summed E-state index contributed by atoms with van der Waals surface area (Å²) < 4.78 is 6.29. The predicted octanol–water partition coefficient (Wildman–Crippen LogP) is 17.2. The van der Waals surface area contributed by atoms with E-state index in [0.29, 0.717) is 0 Å². The van der Waals surface area contributed by atoms with E-state index in [1.165, 1.54) is 49.0 Å². The van der Waals surface area contributed by atoms with Crippen LogP contribution in [0.1, 0.15) is 0 Å². The van der Waals surface area contributed by atoms with Crippen molar-refractivity contribution < 1.29 is 4.42 Å². The number of anilines is 3. The molecule has 0 saturated carbocycles. The normalized spacial score (nSPS) is 11.5. The summed E-state index contributed by atoms with van der Waals surface area (Å²) in [6.45, 7) is 0. The Bertz CT molecular complexity index is 3630. The Kier molecular flexibility index (Phi) is 8.53. The lowest BCUT2D eigenvalue weighted by atomic mass is 9.94. The van der Waals surface area contributed by atoms with E-state index in [4.69, 9.17) is 4.42 Å². The average Bonchev–Trinajstić information content (AvgIpc) is 3.74. The summed E-state index contributed by atoms with van der Waals surface area (Å²) in [6, 6.07) is 85.6. The van der Waals surface area contributed by atoms with Crippen LogP contribution in [0.3, 0.4) is 0 Å². The molecule has 12 rings (SSSR count). The van der Waals surface area contributed by atoms with E-state index in [1.807, 2.05) is 12.1 Å². The highest BCUT2D eigenvalue weighted by molar-refractivity contribution is 6.13. The van der Waals surface area contributed by atoms with Gasteiger partial charge in [0.25, 0.3) is 0 Å². The van der Waals surface area contributed by atoms with Gasteiger partial charge in [-0.05, 0) is 108 Å². The summed E-state index contributed by atoms with van der Waals surface area (Å²) in [5.41, 5.74) is 14.4. The molecule has 2 heteroatoms. The van der Waals surface area contributed by atoms with Crippen LogP contribution in [0, 0.1) is 0 Å². The van der Waals surface area contributed by atoms with Gasteiger partial charge < -0.3 is 9.32 Å².